The number of benzene rings is 2. The number of hydrogen-bond donors (Lipinski definition) is 0. The predicted octanol–water partition coefficient (Wildman–Crippen LogP) is 12.1. The second-order valence-corrected chi connectivity index (χ2v) is 11.6. The summed E-state index contributed by atoms with van der Waals surface area (Å²) in [4.78, 5) is 0.860. The van der Waals surface area contributed by atoms with Crippen LogP contribution in [0.15, 0.2) is 54.6 Å². The third-order valence-corrected chi connectivity index (χ3v) is 7.97. The standard InChI is InChI=1S/C37H56OS/c1-3-5-6-7-8-9-10-11-12-13-14-15-16-17-18-19-23-31-38-36-32-33(27-29-34(36)24-4-2)28-30-37(39)35-25-21-20-22-26-35/h20-22,25-30,32H,3-19,23-24,31H2,1-2H3. The number of ether oxygens (including phenoxy) is 1. The van der Waals surface area contributed by atoms with Gasteiger partial charge in [0.15, 0.2) is 0 Å². The fourth-order valence-corrected chi connectivity index (χ4v) is 5.37. The van der Waals surface area contributed by atoms with Gasteiger partial charge < -0.3 is 4.74 Å². The van der Waals surface area contributed by atoms with E-state index in [-0.39, 0.29) is 0 Å². The largest absolute Gasteiger partial charge is 0.493 e. The highest BCUT2D eigenvalue weighted by Crippen LogP contribution is 2.24. The molecule has 0 aliphatic carbocycles. The van der Waals surface area contributed by atoms with E-state index in [0.717, 1.165) is 47.6 Å². The van der Waals surface area contributed by atoms with Crippen molar-refractivity contribution in [2.24, 2.45) is 0 Å². The highest BCUT2D eigenvalue weighted by atomic mass is 32.1. The van der Waals surface area contributed by atoms with Crippen LogP contribution in [-0.2, 0) is 6.42 Å². The molecule has 0 fully saturated rings. The van der Waals surface area contributed by atoms with Gasteiger partial charge in [0.2, 0.25) is 0 Å². The highest BCUT2D eigenvalue weighted by molar-refractivity contribution is 7.81. The van der Waals surface area contributed by atoms with Crippen molar-refractivity contribution in [1.82, 2.24) is 0 Å². The van der Waals surface area contributed by atoms with E-state index in [1.54, 1.807) is 0 Å². The van der Waals surface area contributed by atoms with Gasteiger partial charge in [-0.1, -0.05) is 184 Å². The summed E-state index contributed by atoms with van der Waals surface area (Å²) in [5, 5.41) is 0. The number of hydrogen-bond acceptors (Lipinski definition) is 2. The Morgan fingerprint density at radius 3 is 1.72 bits per heavy atom. The minimum Gasteiger partial charge on any atom is -0.493 e. The first-order chi connectivity index (χ1) is 19.2. The maximum absolute atomic E-state index is 6.28. The SMILES string of the molecule is CCCCCCCCCCCCCCCCCCCOc1cc(C=CC(=S)c2ccccc2)ccc1CCC. The van der Waals surface area contributed by atoms with Crippen molar-refractivity contribution in [2.45, 2.75) is 136 Å². The van der Waals surface area contributed by atoms with Crippen LogP contribution in [-0.4, -0.2) is 11.5 Å². The van der Waals surface area contributed by atoms with Crippen LogP contribution in [0.5, 0.6) is 5.75 Å². The number of rotatable bonds is 24. The van der Waals surface area contributed by atoms with Crippen molar-refractivity contribution in [3.05, 3.63) is 71.3 Å². The second kappa shape index (κ2) is 22.8. The van der Waals surface area contributed by atoms with E-state index in [1.807, 2.05) is 24.3 Å². The molecule has 0 amide bonds. The summed E-state index contributed by atoms with van der Waals surface area (Å²) in [5.74, 6) is 1.04. The fraction of sp³-hybridized carbons (Fsp3) is 0.595. The summed E-state index contributed by atoms with van der Waals surface area (Å²) in [6.45, 7) is 5.33. The van der Waals surface area contributed by atoms with Crippen molar-refractivity contribution in [3.63, 3.8) is 0 Å². The molecule has 2 rings (SSSR count). The summed E-state index contributed by atoms with van der Waals surface area (Å²) < 4.78 is 6.28. The van der Waals surface area contributed by atoms with Gasteiger partial charge in [-0.2, -0.15) is 0 Å². The lowest BCUT2D eigenvalue weighted by atomic mass is 10.0. The molecule has 0 atom stereocenters. The van der Waals surface area contributed by atoms with Crippen molar-refractivity contribution >= 4 is 23.2 Å². The molecule has 0 aliphatic heterocycles. The molecule has 0 N–H and O–H groups in total. The van der Waals surface area contributed by atoms with E-state index < -0.39 is 0 Å². The summed E-state index contributed by atoms with van der Waals surface area (Å²) in [6.07, 6.45) is 30.1. The molecule has 2 aromatic rings. The van der Waals surface area contributed by atoms with Gasteiger partial charge in [-0.05, 0) is 41.7 Å². The van der Waals surface area contributed by atoms with Crippen LogP contribution in [0.2, 0.25) is 0 Å². The Hall–Kier alpha value is -1.93. The van der Waals surface area contributed by atoms with Gasteiger partial charge >= 0.3 is 0 Å². The van der Waals surface area contributed by atoms with E-state index >= 15 is 0 Å². The summed E-state index contributed by atoms with van der Waals surface area (Å²) in [6, 6.07) is 16.8. The van der Waals surface area contributed by atoms with Crippen molar-refractivity contribution in [1.29, 1.82) is 0 Å². The van der Waals surface area contributed by atoms with Crippen LogP contribution < -0.4 is 4.74 Å². The van der Waals surface area contributed by atoms with Crippen LogP contribution in [0, 0.1) is 0 Å². The van der Waals surface area contributed by atoms with Crippen LogP contribution in [0.4, 0.5) is 0 Å². The molecule has 0 aromatic heterocycles. The maximum atomic E-state index is 6.28. The molecule has 2 heteroatoms. The third kappa shape index (κ3) is 16.1. The molecule has 216 valence electrons. The molecule has 0 saturated carbocycles. The number of unbranched alkanes of at least 4 members (excludes halogenated alkanes) is 16. The number of allylic oxidation sites excluding steroid dienone is 1. The summed E-state index contributed by atoms with van der Waals surface area (Å²) in [5.41, 5.74) is 3.54. The lowest BCUT2D eigenvalue weighted by molar-refractivity contribution is 0.301. The van der Waals surface area contributed by atoms with Crippen LogP contribution in [0.25, 0.3) is 6.08 Å². The first kappa shape index (κ1) is 33.3. The Morgan fingerprint density at radius 1 is 0.641 bits per heavy atom. The van der Waals surface area contributed by atoms with Gasteiger partial charge in [-0.3, -0.25) is 0 Å². The molecular weight excluding hydrogens is 492 g/mol. The molecule has 0 bridgehead atoms. The highest BCUT2D eigenvalue weighted by Gasteiger charge is 2.05. The number of thiocarbonyl (C=S) groups is 1. The second-order valence-electron chi connectivity index (χ2n) is 11.2. The lowest BCUT2D eigenvalue weighted by Crippen LogP contribution is -2.01. The predicted molar refractivity (Wildman–Crippen MR) is 177 cm³/mol. The quantitative estimate of drug-likeness (QED) is 0.0558. The monoisotopic (exact) mass is 548 g/mol. The molecule has 0 radical (unpaired) electrons. The van der Waals surface area contributed by atoms with Gasteiger partial charge in [0.1, 0.15) is 5.75 Å². The Morgan fingerprint density at radius 2 is 1.18 bits per heavy atom. The first-order valence-corrected chi connectivity index (χ1v) is 16.7. The molecule has 39 heavy (non-hydrogen) atoms. The molecule has 0 aliphatic rings. The third-order valence-electron chi connectivity index (χ3n) is 7.60. The van der Waals surface area contributed by atoms with Crippen molar-refractivity contribution in [3.8, 4) is 5.75 Å². The zero-order chi connectivity index (χ0) is 27.8. The molecule has 0 unspecified atom stereocenters. The van der Waals surface area contributed by atoms with Crippen LogP contribution >= 0.6 is 12.2 Å². The minimum absolute atomic E-state index is 0.810. The van der Waals surface area contributed by atoms with Gasteiger partial charge in [-0.15, -0.1) is 0 Å². The van der Waals surface area contributed by atoms with E-state index in [4.69, 9.17) is 17.0 Å². The normalized spacial score (nSPS) is 11.3. The average Bonchev–Trinajstić information content (AvgIpc) is 2.96. The Balaban J connectivity index is 1.54. The Labute approximate surface area is 246 Å². The van der Waals surface area contributed by atoms with Crippen molar-refractivity contribution in [2.75, 3.05) is 6.61 Å². The summed E-state index contributed by atoms with van der Waals surface area (Å²) >= 11 is 5.58. The smallest absolute Gasteiger partial charge is 0.123 e. The van der Waals surface area contributed by atoms with Gasteiger partial charge in [0, 0.05) is 4.86 Å². The first-order valence-electron chi connectivity index (χ1n) is 16.3. The summed E-state index contributed by atoms with van der Waals surface area (Å²) in [7, 11) is 0. The van der Waals surface area contributed by atoms with Crippen LogP contribution in [0.1, 0.15) is 146 Å². The molecule has 1 nitrogen and oxygen atoms in total. The molecule has 0 spiro atoms. The lowest BCUT2D eigenvalue weighted by Gasteiger charge is -2.12. The molecular formula is C37H56OS. The van der Waals surface area contributed by atoms with Crippen LogP contribution in [0.3, 0.4) is 0 Å². The van der Waals surface area contributed by atoms with Crippen molar-refractivity contribution < 1.29 is 4.74 Å². The fourth-order valence-electron chi connectivity index (χ4n) is 5.16. The van der Waals surface area contributed by atoms with Gasteiger partial charge in [-0.25, -0.2) is 0 Å². The molecule has 0 saturated heterocycles. The van der Waals surface area contributed by atoms with E-state index in [9.17, 15) is 0 Å². The van der Waals surface area contributed by atoms with Gasteiger partial charge in [0.25, 0.3) is 0 Å². The Bertz CT molecular complexity index is 901. The molecule has 2 aromatic carbocycles. The average molecular weight is 549 g/mol. The van der Waals surface area contributed by atoms with E-state index in [1.165, 1.54) is 108 Å². The van der Waals surface area contributed by atoms with Gasteiger partial charge in [0.05, 0.1) is 6.61 Å². The number of aryl methyl sites for hydroxylation is 1. The zero-order valence-electron chi connectivity index (χ0n) is 25.2. The zero-order valence-corrected chi connectivity index (χ0v) is 26.0. The van der Waals surface area contributed by atoms with E-state index in [2.05, 4.69) is 50.3 Å². The molecule has 0 heterocycles. The van der Waals surface area contributed by atoms with E-state index in [0.29, 0.717) is 0 Å². The topological polar surface area (TPSA) is 9.23 Å². The Kier molecular flexibility index (Phi) is 19.5. The maximum Gasteiger partial charge on any atom is 0.123 e. The minimum atomic E-state index is 0.810.